The van der Waals surface area contributed by atoms with Gasteiger partial charge in [0.15, 0.2) is 5.79 Å². The summed E-state index contributed by atoms with van der Waals surface area (Å²) in [5, 5.41) is 10.6. The Morgan fingerprint density at radius 3 is 2.83 bits per heavy atom. The molecule has 3 saturated carbocycles. The van der Waals surface area contributed by atoms with Crippen molar-refractivity contribution in [2.24, 2.45) is 28.6 Å². The Kier molecular flexibility index (Phi) is 2.74. The summed E-state index contributed by atoms with van der Waals surface area (Å²) in [6, 6.07) is 0. The highest BCUT2D eigenvalue weighted by Gasteiger charge is 2.80. The van der Waals surface area contributed by atoms with Gasteiger partial charge in [0.2, 0.25) is 0 Å². The smallest absolute Gasteiger partial charge is 0.318 e. The third kappa shape index (κ3) is 1.41. The number of methoxy groups -OCH3 is 1. The molecule has 0 aromatic heterocycles. The monoisotopic (exact) mass is 322 g/mol. The van der Waals surface area contributed by atoms with Crippen molar-refractivity contribution in [3.8, 4) is 0 Å². The van der Waals surface area contributed by atoms with Crippen LogP contribution in [0.3, 0.4) is 0 Å². The summed E-state index contributed by atoms with van der Waals surface area (Å²) in [6.45, 7) is 2.64. The van der Waals surface area contributed by atoms with E-state index in [1.807, 2.05) is 6.92 Å². The van der Waals surface area contributed by atoms with Crippen LogP contribution in [0.15, 0.2) is 0 Å². The fourth-order valence-corrected chi connectivity index (χ4v) is 7.24. The van der Waals surface area contributed by atoms with Crippen molar-refractivity contribution in [1.82, 2.24) is 0 Å². The van der Waals surface area contributed by atoms with E-state index in [1.165, 1.54) is 0 Å². The lowest BCUT2D eigenvalue weighted by Gasteiger charge is -2.68. The third-order valence-corrected chi connectivity index (χ3v) is 8.18. The Hall–Kier alpha value is -0.650. The van der Waals surface area contributed by atoms with E-state index in [9.17, 15) is 9.90 Å². The van der Waals surface area contributed by atoms with Gasteiger partial charge in [0, 0.05) is 24.9 Å². The van der Waals surface area contributed by atoms with E-state index in [2.05, 4.69) is 0 Å². The summed E-state index contributed by atoms with van der Waals surface area (Å²) in [5.41, 5.74) is -0.744. The van der Waals surface area contributed by atoms with Crippen LogP contribution in [0, 0.1) is 28.6 Å². The molecule has 23 heavy (non-hydrogen) atoms. The highest BCUT2D eigenvalue weighted by Crippen LogP contribution is 2.73. The quantitative estimate of drug-likeness (QED) is 0.747. The fourth-order valence-electron chi connectivity index (χ4n) is 7.24. The van der Waals surface area contributed by atoms with Gasteiger partial charge in [-0.05, 0) is 44.4 Å². The SMILES string of the molecule is CO[C@]12CC[C@]3(CO1)C1CCC[C@H](O)C1C[C@H]1OC(=O)[C@]2(C)C13. The number of carbonyl (C=O) groups is 1. The topological polar surface area (TPSA) is 65.0 Å². The first-order chi connectivity index (χ1) is 11.0. The molecule has 3 aliphatic heterocycles. The van der Waals surface area contributed by atoms with Gasteiger partial charge >= 0.3 is 5.97 Å². The van der Waals surface area contributed by atoms with Crippen molar-refractivity contribution in [1.29, 1.82) is 0 Å². The van der Waals surface area contributed by atoms with Gasteiger partial charge in [-0.2, -0.15) is 0 Å². The summed E-state index contributed by atoms with van der Waals surface area (Å²) >= 11 is 0. The molecule has 0 aromatic rings. The highest BCUT2D eigenvalue weighted by molar-refractivity contribution is 5.81. The van der Waals surface area contributed by atoms with Crippen molar-refractivity contribution < 1.29 is 24.1 Å². The predicted octanol–water partition coefficient (Wildman–Crippen LogP) is 1.87. The van der Waals surface area contributed by atoms with Gasteiger partial charge in [0.25, 0.3) is 0 Å². The molecule has 0 radical (unpaired) electrons. The number of carbonyl (C=O) groups excluding carboxylic acids is 1. The average molecular weight is 322 g/mol. The molecule has 8 atom stereocenters. The number of ether oxygens (including phenoxy) is 3. The first-order valence-corrected chi connectivity index (χ1v) is 9.07. The van der Waals surface area contributed by atoms with Crippen LogP contribution in [0.1, 0.15) is 45.4 Å². The maximum absolute atomic E-state index is 12.9. The van der Waals surface area contributed by atoms with Crippen LogP contribution >= 0.6 is 0 Å². The lowest BCUT2D eigenvalue weighted by atomic mass is 9.41. The molecule has 3 aliphatic carbocycles. The van der Waals surface area contributed by atoms with Crippen molar-refractivity contribution in [2.45, 2.75) is 63.4 Å². The van der Waals surface area contributed by atoms with Gasteiger partial charge in [-0.25, -0.2) is 0 Å². The van der Waals surface area contributed by atoms with Crippen LogP contribution in [0.2, 0.25) is 0 Å². The van der Waals surface area contributed by atoms with E-state index >= 15 is 0 Å². The van der Waals surface area contributed by atoms with Crippen molar-refractivity contribution in [3.63, 3.8) is 0 Å². The third-order valence-electron chi connectivity index (χ3n) is 8.18. The molecule has 0 amide bonds. The number of fused-ring (bicyclic) bond motifs is 3. The van der Waals surface area contributed by atoms with Crippen molar-refractivity contribution >= 4 is 5.97 Å². The Bertz CT molecular complexity index is 552. The molecular weight excluding hydrogens is 296 g/mol. The van der Waals surface area contributed by atoms with Gasteiger partial charge in [0.05, 0.1) is 12.7 Å². The second kappa shape index (κ2) is 4.30. The largest absolute Gasteiger partial charge is 0.461 e. The first-order valence-electron chi connectivity index (χ1n) is 9.07. The fraction of sp³-hybridized carbons (Fsp3) is 0.944. The van der Waals surface area contributed by atoms with Crippen LogP contribution in [0.5, 0.6) is 0 Å². The number of hydrogen-bond donors (Lipinski definition) is 1. The summed E-state index contributed by atoms with van der Waals surface area (Å²) in [6.07, 6.45) is 5.31. The Morgan fingerprint density at radius 1 is 1.30 bits per heavy atom. The van der Waals surface area contributed by atoms with E-state index in [0.717, 1.165) is 38.5 Å². The number of rotatable bonds is 1. The van der Waals surface area contributed by atoms with E-state index in [4.69, 9.17) is 14.2 Å². The predicted molar refractivity (Wildman–Crippen MR) is 80.3 cm³/mol. The minimum atomic E-state index is -0.828. The zero-order chi connectivity index (χ0) is 16.0. The minimum absolute atomic E-state index is 0.0316. The zero-order valence-corrected chi connectivity index (χ0v) is 13.9. The molecule has 3 unspecified atom stereocenters. The standard InChI is InChI=1S/C18H26O5/c1-16-14-13(23-15(16)20)8-10-11(4-3-5-12(10)19)17(14)6-7-18(16,21-2)22-9-17/h10-14,19H,3-9H2,1-2H3/t10?,11?,12-,13+,14?,16-,17-,18+/m0/s1. The van der Waals surface area contributed by atoms with Gasteiger partial charge < -0.3 is 19.3 Å². The lowest BCUT2D eigenvalue weighted by Crippen LogP contribution is -2.73. The molecule has 128 valence electrons. The van der Waals surface area contributed by atoms with Crippen LogP contribution in [0.25, 0.3) is 0 Å². The number of aliphatic hydroxyl groups is 1. The lowest BCUT2D eigenvalue weighted by molar-refractivity contribution is -0.386. The summed E-state index contributed by atoms with van der Waals surface area (Å²) in [5.74, 6) is -0.137. The molecule has 1 spiro atoms. The van der Waals surface area contributed by atoms with Crippen LogP contribution < -0.4 is 0 Å². The normalized spacial score (nSPS) is 60.1. The van der Waals surface area contributed by atoms with Crippen molar-refractivity contribution in [3.05, 3.63) is 0 Å². The van der Waals surface area contributed by atoms with Crippen LogP contribution in [0.4, 0.5) is 0 Å². The molecule has 0 aromatic carbocycles. The van der Waals surface area contributed by atoms with E-state index in [0.29, 0.717) is 12.5 Å². The van der Waals surface area contributed by atoms with Crippen LogP contribution in [-0.4, -0.2) is 42.8 Å². The minimum Gasteiger partial charge on any atom is -0.461 e. The average Bonchev–Trinajstić information content (AvgIpc) is 2.83. The summed E-state index contributed by atoms with van der Waals surface area (Å²) < 4.78 is 17.9. The van der Waals surface area contributed by atoms with E-state index in [-0.39, 0.29) is 35.4 Å². The van der Waals surface area contributed by atoms with Gasteiger partial charge in [-0.3, -0.25) is 4.79 Å². The first kappa shape index (κ1) is 14.7. The molecule has 3 saturated heterocycles. The molecular formula is C18H26O5. The molecule has 5 nitrogen and oxygen atoms in total. The molecule has 5 heteroatoms. The van der Waals surface area contributed by atoms with E-state index in [1.54, 1.807) is 7.11 Å². The number of aliphatic hydroxyl groups excluding tert-OH is 1. The molecule has 1 N–H and O–H groups in total. The molecule has 2 bridgehead atoms. The highest BCUT2D eigenvalue weighted by atomic mass is 16.7. The van der Waals surface area contributed by atoms with Crippen molar-refractivity contribution in [2.75, 3.05) is 13.7 Å². The Labute approximate surface area is 136 Å². The summed E-state index contributed by atoms with van der Waals surface area (Å²) in [4.78, 5) is 12.9. The molecule has 6 aliphatic rings. The maximum Gasteiger partial charge on any atom is 0.318 e. The second-order valence-electron chi connectivity index (χ2n) is 8.61. The number of hydrogen-bond acceptors (Lipinski definition) is 5. The van der Waals surface area contributed by atoms with Gasteiger partial charge in [-0.1, -0.05) is 6.42 Å². The number of esters is 1. The second-order valence-corrected chi connectivity index (χ2v) is 8.61. The van der Waals surface area contributed by atoms with Gasteiger partial charge in [0.1, 0.15) is 11.5 Å². The zero-order valence-electron chi connectivity index (χ0n) is 13.9. The Morgan fingerprint density at radius 2 is 2.13 bits per heavy atom. The Balaban J connectivity index is 1.67. The molecule has 6 fully saturated rings. The molecule has 6 rings (SSSR count). The maximum atomic E-state index is 12.9. The van der Waals surface area contributed by atoms with Gasteiger partial charge in [-0.15, -0.1) is 0 Å². The van der Waals surface area contributed by atoms with E-state index < -0.39 is 11.2 Å². The molecule has 3 heterocycles. The summed E-state index contributed by atoms with van der Waals surface area (Å²) in [7, 11) is 1.65. The van der Waals surface area contributed by atoms with Crippen LogP contribution in [-0.2, 0) is 19.0 Å².